The number of likely N-dealkylation sites (tertiary alicyclic amines) is 1. The summed E-state index contributed by atoms with van der Waals surface area (Å²) in [5, 5.41) is 0. The third-order valence-corrected chi connectivity index (χ3v) is 4.88. The number of ether oxygens (including phenoxy) is 1. The Morgan fingerprint density at radius 1 is 1.33 bits per heavy atom. The average molecular weight is 288 g/mol. The molecule has 4 nitrogen and oxygen atoms in total. The zero-order valence-corrected chi connectivity index (χ0v) is 12.8. The Morgan fingerprint density at radius 3 is 2.86 bits per heavy atom. The zero-order chi connectivity index (χ0) is 15.0. The van der Waals surface area contributed by atoms with E-state index in [1.807, 2.05) is 29.2 Å². The van der Waals surface area contributed by atoms with Crippen molar-refractivity contribution >= 4 is 5.91 Å². The molecule has 2 unspecified atom stereocenters. The van der Waals surface area contributed by atoms with Crippen LogP contribution in [0.15, 0.2) is 24.3 Å². The van der Waals surface area contributed by atoms with E-state index in [9.17, 15) is 4.79 Å². The van der Waals surface area contributed by atoms with Gasteiger partial charge in [0.15, 0.2) is 0 Å². The molecule has 0 radical (unpaired) electrons. The summed E-state index contributed by atoms with van der Waals surface area (Å²) in [7, 11) is 0. The first-order valence-electron chi connectivity index (χ1n) is 7.75. The molecule has 0 bridgehead atoms. The van der Waals surface area contributed by atoms with E-state index in [0.717, 1.165) is 37.2 Å². The number of para-hydroxylation sites is 1. The number of nitrogens with zero attached hydrogens (tertiary/aromatic N) is 1. The van der Waals surface area contributed by atoms with Crippen molar-refractivity contribution < 1.29 is 9.53 Å². The standard InChI is InChI=1S/C17H24N2O2/c1-17(2)11-19(9-7-15(17)18)16(20)13-8-10-21-14-6-4-3-5-12(13)14/h3-6,13,15H,7-11,18H2,1-2H3. The van der Waals surface area contributed by atoms with E-state index >= 15 is 0 Å². The minimum Gasteiger partial charge on any atom is -0.493 e. The lowest BCUT2D eigenvalue weighted by molar-refractivity contribution is -0.137. The van der Waals surface area contributed by atoms with Crippen LogP contribution in [0.5, 0.6) is 5.75 Å². The molecule has 1 aromatic rings. The van der Waals surface area contributed by atoms with E-state index < -0.39 is 0 Å². The molecule has 1 aromatic carbocycles. The highest BCUT2D eigenvalue weighted by molar-refractivity contribution is 5.85. The fraction of sp³-hybridized carbons (Fsp3) is 0.588. The van der Waals surface area contributed by atoms with Crippen LogP contribution in [-0.4, -0.2) is 36.5 Å². The summed E-state index contributed by atoms with van der Waals surface area (Å²) in [6.45, 7) is 6.42. The maximum atomic E-state index is 12.9. The first-order chi connectivity index (χ1) is 9.99. The van der Waals surface area contributed by atoms with Crippen LogP contribution in [0.3, 0.4) is 0 Å². The molecular formula is C17H24N2O2. The second-order valence-electron chi connectivity index (χ2n) is 6.87. The number of carbonyl (C=O) groups excluding carboxylic acids is 1. The molecule has 4 heteroatoms. The summed E-state index contributed by atoms with van der Waals surface area (Å²) in [6, 6.07) is 8.06. The maximum absolute atomic E-state index is 12.9. The highest BCUT2D eigenvalue weighted by Gasteiger charge is 2.38. The Kier molecular flexibility index (Phi) is 3.66. The molecule has 2 N–H and O–H groups in total. The topological polar surface area (TPSA) is 55.6 Å². The Hall–Kier alpha value is -1.55. The molecule has 0 saturated carbocycles. The van der Waals surface area contributed by atoms with Crippen LogP contribution in [0.4, 0.5) is 0 Å². The van der Waals surface area contributed by atoms with Gasteiger partial charge in [0, 0.05) is 24.7 Å². The number of amides is 1. The number of hydrogen-bond donors (Lipinski definition) is 1. The fourth-order valence-electron chi connectivity index (χ4n) is 3.38. The quantitative estimate of drug-likeness (QED) is 0.861. The van der Waals surface area contributed by atoms with Gasteiger partial charge in [0.25, 0.3) is 0 Å². The smallest absolute Gasteiger partial charge is 0.230 e. The largest absolute Gasteiger partial charge is 0.493 e. The van der Waals surface area contributed by atoms with Crippen molar-refractivity contribution in [2.24, 2.45) is 11.1 Å². The Labute approximate surface area is 126 Å². The summed E-state index contributed by atoms with van der Waals surface area (Å²) in [4.78, 5) is 14.9. The normalized spacial score (nSPS) is 27.7. The van der Waals surface area contributed by atoms with Gasteiger partial charge in [0.1, 0.15) is 5.75 Å². The lowest BCUT2D eigenvalue weighted by Crippen LogP contribution is -2.55. The maximum Gasteiger partial charge on any atom is 0.230 e. The van der Waals surface area contributed by atoms with Gasteiger partial charge in [-0.3, -0.25) is 4.79 Å². The number of rotatable bonds is 1. The van der Waals surface area contributed by atoms with Gasteiger partial charge in [0.2, 0.25) is 5.91 Å². The second-order valence-corrected chi connectivity index (χ2v) is 6.87. The summed E-state index contributed by atoms with van der Waals surface area (Å²) in [5.41, 5.74) is 7.19. The summed E-state index contributed by atoms with van der Waals surface area (Å²) < 4.78 is 5.66. The molecule has 2 heterocycles. The van der Waals surface area contributed by atoms with Crippen molar-refractivity contribution in [2.45, 2.75) is 38.6 Å². The molecule has 0 aliphatic carbocycles. The average Bonchev–Trinajstić information content (AvgIpc) is 2.48. The third-order valence-electron chi connectivity index (χ3n) is 4.88. The number of piperidine rings is 1. The van der Waals surface area contributed by atoms with Crippen LogP contribution < -0.4 is 10.5 Å². The molecule has 3 rings (SSSR count). The minimum absolute atomic E-state index is 0.0153. The second kappa shape index (κ2) is 5.34. The predicted octanol–water partition coefficient (Wildman–Crippen LogP) is 2.14. The van der Waals surface area contributed by atoms with Gasteiger partial charge >= 0.3 is 0 Å². The van der Waals surface area contributed by atoms with Crippen LogP contribution in [-0.2, 0) is 4.79 Å². The summed E-state index contributed by atoms with van der Waals surface area (Å²) >= 11 is 0. The van der Waals surface area contributed by atoms with Gasteiger partial charge in [-0.1, -0.05) is 32.0 Å². The zero-order valence-electron chi connectivity index (χ0n) is 12.8. The van der Waals surface area contributed by atoms with Gasteiger partial charge in [-0.25, -0.2) is 0 Å². The number of nitrogens with two attached hydrogens (primary N) is 1. The molecule has 2 atom stereocenters. The van der Waals surface area contributed by atoms with Gasteiger partial charge < -0.3 is 15.4 Å². The van der Waals surface area contributed by atoms with Crippen molar-refractivity contribution in [2.75, 3.05) is 19.7 Å². The molecule has 0 aromatic heterocycles. The molecule has 1 amide bonds. The van der Waals surface area contributed by atoms with Crippen molar-refractivity contribution in [1.29, 1.82) is 0 Å². The molecular weight excluding hydrogens is 264 g/mol. The van der Waals surface area contributed by atoms with E-state index in [2.05, 4.69) is 13.8 Å². The van der Waals surface area contributed by atoms with Gasteiger partial charge in [-0.2, -0.15) is 0 Å². The Bertz CT molecular complexity index is 541. The first-order valence-corrected chi connectivity index (χ1v) is 7.75. The summed E-state index contributed by atoms with van der Waals surface area (Å²) in [5.74, 6) is 1.01. The van der Waals surface area contributed by atoms with Crippen molar-refractivity contribution in [1.82, 2.24) is 4.90 Å². The van der Waals surface area contributed by atoms with E-state index in [1.54, 1.807) is 0 Å². The summed E-state index contributed by atoms with van der Waals surface area (Å²) in [6.07, 6.45) is 1.64. The lowest BCUT2D eigenvalue weighted by Gasteiger charge is -2.44. The number of hydrogen-bond acceptors (Lipinski definition) is 3. The monoisotopic (exact) mass is 288 g/mol. The van der Waals surface area contributed by atoms with Crippen molar-refractivity contribution in [3.8, 4) is 5.75 Å². The number of benzene rings is 1. The van der Waals surface area contributed by atoms with E-state index in [4.69, 9.17) is 10.5 Å². The molecule has 114 valence electrons. The molecule has 2 aliphatic heterocycles. The number of carbonyl (C=O) groups is 1. The van der Waals surface area contributed by atoms with Crippen LogP contribution in [0.2, 0.25) is 0 Å². The predicted molar refractivity (Wildman–Crippen MR) is 82.2 cm³/mol. The Balaban J connectivity index is 1.81. The minimum atomic E-state index is -0.0694. The van der Waals surface area contributed by atoms with E-state index in [1.165, 1.54) is 0 Å². The van der Waals surface area contributed by atoms with Crippen LogP contribution in [0.25, 0.3) is 0 Å². The van der Waals surface area contributed by atoms with Crippen LogP contribution >= 0.6 is 0 Å². The molecule has 1 fully saturated rings. The first kappa shape index (κ1) is 14.4. The fourth-order valence-corrected chi connectivity index (χ4v) is 3.38. The van der Waals surface area contributed by atoms with Gasteiger partial charge in [-0.05, 0) is 24.3 Å². The highest BCUT2D eigenvalue weighted by Crippen LogP contribution is 2.36. The van der Waals surface area contributed by atoms with Crippen molar-refractivity contribution in [3.05, 3.63) is 29.8 Å². The van der Waals surface area contributed by atoms with Gasteiger partial charge in [0.05, 0.1) is 12.5 Å². The van der Waals surface area contributed by atoms with Crippen LogP contribution in [0, 0.1) is 5.41 Å². The Morgan fingerprint density at radius 2 is 2.10 bits per heavy atom. The third kappa shape index (κ3) is 2.64. The molecule has 0 spiro atoms. The molecule has 2 aliphatic rings. The lowest BCUT2D eigenvalue weighted by atomic mass is 9.79. The molecule has 1 saturated heterocycles. The van der Waals surface area contributed by atoms with Crippen LogP contribution in [0.1, 0.15) is 38.2 Å². The van der Waals surface area contributed by atoms with Gasteiger partial charge in [-0.15, -0.1) is 0 Å². The van der Waals surface area contributed by atoms with E-state index in [-0.39, 0.29) is 23.3 Å². The number of fused-ring (bicyclic) bond motifs is 1. The SMILES string of the molecule is CC1(C)CN(C(=O)C2CCOc3ccccc32)CCC1N. The highest BCUT2D eigenvalue weighted by atomic mass is 16.5. The van der Waals surface area contributed by atoms with E-state index in [0.29, 0.717) is 6.61 Å². The molecule has 21 heavy (non-hydrogen) atoms. The van der Waals surface area contributed by atoms with Crippen molar-refractivity contribution in [3.63, 3.8) is 0 Å².